The van der Waals surface area contributed by atoms with Crippen molar-refractivity contribution in [1.29, 1.82) is 0 Å². The smallest absolute Gasteiger partial charge is 0.147 e. The highest BCUT2D eigenvalue weighted by molar-refractivity contribution is 7.90. The fraction of sp³-hybridized carbons (Fsp3) is 0.571. The summed E-state index contributed by atoms with van der Waals surface area (Å²) in [6.07, 6.45) is 2.77. The minimum absolute atomic E-state index is 0.211. The minimum atomic E-state index is -2.90. The number of anilines is 1. The van der Waals surface area contributed by atoms with Crippen molar-refractivity contribution in [3.63, 3.8) is 0 Å². The van der Waals surface area contributed by atoms with Gasteiger partial charge in [0.25, 0.3) is 0 Å². The van der Waals surface area contributed by atoms with Gasteiger partial charge in [-0.25, -0.2) is 8.42 Å². The van der Waals surface area contributed by atoms with Gasteiger partial charge in [-0.3, -0.25) is 0 Å². The molecule has 0 radical (unpaired) electrons. The molecule has 0 spiro atoms. The zero-order chi connectivity index (χ0) is 15.0. The maximum atomic E-state index is 11.2. The molecular formula is C14H24N2O3S. The summed E-state index contributed by atoms with van der Waals surface area (Å²) in [4.78, 5) is 2.16. The van der Waals surface area contributed by atoms with Crippen LogP contribution in [-0.4, -0.2) is 47.2 Å². The van der Waals surface area contributed by atoms with Gasteiger partial charge < -0.3 is 15.4 Å². The highest BCUT2D eigenvalue weighted by Crippen LogP contribution is 2.19. The lowest BCUT2D eigenvalue weighted by molar-refractivity contribution is 0.415. The second-order valence-electron chi connectivity index (χ2n) is 4.81. The highest BCUT2D eigenvalue weighted by Gasteiger charge is 2.08. The minimum Gasteiger partial charge on any atom is -0.497 e. The molecule has 0 aliphatic carbocycles. The third-order valence-corrected chi connectivity index (χ3v) is 4.04. The van der Waals surface area contributed by atoms with Gasteiger partial charge in [-0.1, -0.05) is 0 Å². The average molecular weight is 300 g/mol. The first-order valence-electron chi connectivity index (χ1n) is 6.73. The van der Waals surface area contributed by atoms with Crippen LogP contribution < -0.4 is 15.4 Å². The van der Waals surface area contributed by atoms with Crippen molar-refractivity contribution in [3.8, 4) is 5.75 Å². The lowest BCUT2D eigenvalue weighted by atomic mass is 10.2. The van der Waals surface area contributed by atoms with Crippen LogP contribution in [0.5, 0.6) is 5.75 Å². The Balaban J connectivity index is 2.66. The van der Waals surface area contributed by atoms with Gasteiger partial charge in [0, 0.05) is 25.0 Å². The van der Waals surface area contributed by atoms with Crippen LogP contribution in [0.25, 0.3) is 0 Å². The predicted molar refractivity (Wildman–Crippen MR) is 83.2 cm³/mol. The van der Waals surface area contributed by atoms with Crippen molar-refractivity contribution in [2.24, 2.45) is 5.73 Å². The molecule has 0 saturated heterocycles. The standard InChI is InChI=1S/C14H24N2O3S/c1-19-14-7-5-13(6-8-14)16(10-3-9-15)11-4-12-20(2,17)18/h5-8H,3-4,9-12,15H2,1-2H3. The van der Waals surface area contributed by atoms with Gasteiger partial charge in [-0.15, -0.1) is 0 Å². The molecule has 0 aliphatic rings. The Kier molecular flexibility index (Phi) is 6.81. The van der Waals surface area contributed by atoms with Gasteiger partial charge in [0.2, 0.25) is 0 Å². The van der Waals surface area contributed by atoms with Crippen LogP contribution in [-0.2, 0) is 9.84 Å². The number of sulfone groups is 1. The third kappa shape index (κ3) is 6.25. The number of hydrogen-bond acceptors (Lipinski definition) is 5. The average Bonchev–Trinajstić information content (AvgIpc) is 2.41. The molecule has 0 atom stereocenters. The largest absolute Gasteiger partial charge is 0.497 e. The van der Waals surface area contributed by atoms with Gasteiger partial charge in [-0.05, 0) is 43.7 Å². The van der Waals surface area contributed by atoms with Crippen LogP contribution in [0.1, 0.15) is 12.8 Å². The van der Waals surface area contributed by atoms with E-state index in [1.807, 2.05) is 24.3 Å². The first-order valence-corrected chi connectivity index (χ1v) is 8.79. The number of rotatable bonds is 9. The van der Waals surface area contributed by atoms with E-state index in [0.717, 1.165) is 24.4 Å². The Morgan fingerprint density at radius 3 is 2.25 bits per heavy atom. The van der Waals surface area contributed by atoms with Crippen molar-refractivity contribution in [1.82, 2.24) is 0 Å². The maximum Gasteiger partial charge on any atom is 0.147 e. The molecule has 6 heteroatoms. The van der Waals surface area contributed by atoms with Crippen molar-refractivity contribution in [3.05, 3.63) is 24.3 Å². The second-order valence-corrected chi connectivity index (χ2v) is 7.07. The molecule has 1 aromatic rings. The molecule has 0 aliphatic heterocycles. The Morgan fingerprint density at radius 2 is 1.75 bits per heavy atom. The van der Waals surface area contributed by atoms with E-state index in [2.05, 4.69) is 4.90 Å². The third-order valence-electron chi connectivity index (χ3n) is 3.01. The first kappa shape index (κ1) is 16.8. The van der Waals surface area contributed by atoms with E-state index in [1.54, 1.807) is 7.11 Å². The van der Waals surface area contributed by atoms with E-state index in [1.165, 1.54) is 6.26 Å². The number of ether oxygens (including phenoxy) is 1. The summed E-state index contributed by atoms with van der Waals surface area (Å²) in [5.41, 5.74) is 6.62. The summed E-state index contributed by atoms with van der Waals surface area (Å²) in [6, 6.07) is 7.77. The fourth-order valence-corrected chi connectivity index (χ4v) is 2.62. The lowest BCUT2D eigenvalue weighted by Crippen LogP contribution is -2.28. The van der Waals surface area contributed by atoms with Gasteiger partial charge in [-0.2, -0.15) is 0 Å². The summed E-state index contributed by atoms with van der Waals surface area (Å²) in [5, 5.41) is 0. The summed E-state index contributed by atoms with van der Waals surface area (Å²) in [7, 11) is -1.27. The molecule has 0 fully saturated rings. The molecule has 20 heavy (non-hydrogen) atoms. The molecule has 0 saturated carbocycles. The number of methoxy groups -OCH3 is 1. The van der Waals surface area contributed by atoms with E-state index in [0.29, 0.717) is 19.5 Å². The summed E-state index contributed by atoms with van der Waals surface area (Å²) in [6.45, 7) is 2.16. The van der Waals surface area contributed by atoms with Crippen LogP contribution in [0, 0.1) is 0 Å². The number of hydrogen-bond donors (Lipinski definition) is 1. The predicted octanol–water partition coefficient (Wildman–Crippen LogP) is 1.29. The van der Waals surface area contributed by atoms with Gasteiger partial charge in [0.15, 0.2) is 0 Å². The number of nitrogens with zero attached hydrogens (tertiary/aromatic N) is 1. The summed E-state index contributed by atoms with van der Waals surface area (Å²) < 4.78 is 27.5. The molecule has 0 amide bonds. The molecule has 0 heterocycles. The molecule has 114 valence electrons. The van der Waals surface area contributed by atoms with E-state index < -0.39 is 9.84 Å². The van der Waals surface area contributed by atoms with E-state index in [-0.39, 0.29) is 5.75 Å². The molecule has 0 aromatic heterocycles. The molecule has 2 N–H and O–H groups in total. The molecule has 1 aromatic carbocycles. The first-order chi connectivity index (χ1) is 9.46. The number of benzene rings is 1. The van der Waals surface area contributed by atoms with Crippen LogP contribution in [0.3, 0.4) is 0 Å². The Hall–Kier alpha value is -1.27. The number of nitrogens with two attached hydrogens (primary N) is 1. The second kappa shape index (κ2) is 8.11. The van der Waals surface area contributed by atoms with Crippen molar-refractivity contribution >= 4 is 15.5 Å². The fourth-order valence-electron chi connectivity index (χ4n) is 1.96. The van der Waals surface area contributed by atoms with E-state index in [9.17, 15) is 8.42 Å². The maximum absolute atomic E-state index is 11.2. The van der Waals surface area contributed by atoms with Crippen molar-refractivity contribution < 1.29 is 13.2 Å². The van der Waals surface area contributed by atoms with Crippen LogP contribution in [0.4, 0.5) is 5.69 Å². The van der Waals surface area contributed by atoms with Gasteiger partial charge in [0.1, 0.15) is 15.6 Å². The Labute approximate surface area is 121 Å². The van der Waals surface area contributed by atoms with Crippen LogP contribution in [0.2, 0.25) is 0 Å². The molecule has 1 rings (SSSR count). The summed E-state index contributed by atoms with van der Waals surface area (Å²) in [5.74, 6) is 1.02. The van der Waals surface area contributed by atoms with Crippen LogP contribution >= 0.6 is 0 Å². The molecular weight excluding hydrogens is 276 g/mol. The van der Waals surface area contributed by atoms with E-state index in [4.69, 9.17) is 10.5 Å². The molecule has 5 nitrogen and oxygen atoms in total. The van der Waals surface area contributed by atoms with E-state index >= 15 is 0 Å². The zero-order valence-electron chi connectivity index (χ0n) is 12.2. The van der Waals surface area contributed by atoms with Crippen LogP contribution in [0.15, 0.2) is 24.3 Å². The zero-order valence-corrected chi connectivity index (χ0v) is 13.0. The highest BCUT2D eigenvalue weighted by atomic mass is 32.2. The molecule has 0 bridgehead atoms. The van der Waals surface area contributed by atoms with Crippen molar-refractivity contribution in [2.45, 2.75) is 12.8 Å². The summed E-state index contributed by atoms with van der Waals surface area (Å²) >= 11 is 0. The topological polar surface area (TPSA) is 72.6 Å². The lowest BCUT2D eigenvalue weighted by Gasteiger charge is -2.24. The Bertz CT molecular complexity index is 486. The Morgan fingerprint density at radius 1 is 1.15 bits per heavy atom. The van der Waals surface area contributed by atoms with Gasteiger partial charge >= 0.3 is 0 Å². The monoisotopic (exact) mass is 300 g/mol. The molecule has 0 unspecified atom stereocenters. The van der Waals surface area contributed by atoms with Crippen molar-refractivity contribution in [2.75, 3.05) is 43.7 Å². The van der Waals surface area contributed by atoms with Gasteiger partial charge in [0.05, 0.1) is 12.9 Å². The normalized spacial score (nSPS) is 11.3. The quantitative estimate of drug-likeness (QED) is 0.744. The SMILES string of the molecule is COc1ccc(N(CCCN)CCCS(C)(=O)=O)cc1.